The number of hydrogen-bond acceptors (Lipinski definition) is 3. The summed E-state index contributed by atoms with van der Waals surface area (Å²) >= 11 is 0. The van der Waals surface area contributed by atoms with Crippen molar-refractivity contribution in [2.24, 2.45) is 0 Å². The highest BCUT2D eigenvalue weighted by Crippen LogP contribution is 2.29. The fourth-order valence-electron chi connectivity index (χ4n) is 3.08. The number of piperazine rings is 1. The number of fused-ring (bicyclic) bond motifs is 1. The summed E-state index contributed by atoms with van der Waals surface area (Å²) in [7, 11) is 0. The normalized spacial score (nSPS) is 22.8. The van der Waals surface area contributed by atoms with Gasteiger partial charge in [-0.25, -0.2) is 4.39 Å². The number of amides is 1. The van der Waals surface area contributed by atoms with Gasteiger partial charge < -0.3 is 14.9 Å². The van der Waals surface area contributed by atoms with Crippen molar-refractivity contribution in [3.05, 3.63) is 29.6 Å². The van der Waals surface area contributed by atoms with Crippen LogP contribution in [0.4, 0.5) is 10.1 Å². The Morgan fingerprint density at radius 3 is 3.00 bits per heavy atom. The molecular formula is C14H17FN2O2. The van der Waals surface area contributed by atoms with Crippen LogP contribution in [0.1, 0.15) is 18.4 Å². The lowest BCUT2D eigenvalue weighted by atomic mass is 10.1. The molecule has 1 amide bonds. The van der Waals surface area contributed by atoms with Crippen LogP contribution in [0, 0.1) is 5.82 Å². The molecule has 19 heavy (non-hydrogen) atoms. The first-order valence-electron chi connectivity index (χ1n) is 6.63. The molecule has 1 aromatic rings. The van der Waals surface area contributed by atoms with Crippen molar-refractivity contribution >= 4 is 11.6 Å². The lowest BCUT2D eigenvalue weighted by molar-refractivity contribution is -0.129. The molecule has 1 unspecified atom stereocenters. The van der Waals surface area contributed by atoms with E-state index in [2.05, 4.69) is 4.90 Å². The molecule has 2 fully saturated rings. The van der Waals surface area contributed by atoms with Crippen LogP contribution in [-0.4, -0.2) is 41.6 Å². The van der Waals surface area contributed by atoms with Crippen molar-refractivity contribution in [3.8, 4) is 0 Å². The molecule has 2 heterocycles. The second-order valence-corrected chi connectivity index (χ2v) is 5.12. The van der Waals surface area contributed by atoms with Crippen molar-refractivity contribution in [1.29, 1.82) is 0 Å². The standard InChI is InChI=1S/C14H17FN2O2/c15-12-2-1-3-13(11(12)9-18)16-6-7-17-10(8-16)4-5-14(17)19/h1-3,10,18H,4-9H2. The molecule has 1 atom stereocenters. The number of halogens is 1. The number of rotatable bonds is 2. The molecule has 0 bridgehead atoms. The van der Waals surface area contributed by atoms with E-state index in [1.54, 1.807) is 6.07 Å². The minimum atomic E-state index is -0.370. The van der Waals surface area contributed by atoms with Gasteiger partial charge in [-0.2, -0.15) is 0 Å². The Morgan fingerprint density at radius 2 is 2.21 bits per heavy atom. The molecule has 0 aromatic heterocycles. The van der Waals surface area contributed by atoms with E-state index in [1.165, 1.54) is 6.07 Å². The second kappa shape index (κ2) is 4.81. The van der Waals surface area contributed by atoms with Gasteiger partial charge in [-0.1, -0.05) is 6.07 Å². The lowest BCUT2D eigenvalue weighted by Gasteiger charge is -2.39. The third-order valence-electron chi connectivity index (χ3n) is 4.09. The van der Waals surface area contributed by atoms with E-state index in [0.29, 0.717) is 25.1 Å². The van der Waals surface area contributed by atoms with Crippen molar-refractivity contribution in [3.63, 3.8) is 0 Å². The molecule has 3 rings (SSSR count). The van der Waals surface area contributed by atoms with Crippen molar-refractivity contribution in [1.82, 2.24) is 4.90 Å². The largest absolute Gasteiger partial charge is 0.391 e. The van der Waals surface area contributed by atoms with E-state index in [4.69, 9.17) is 0 Å². The number of nitrogens with zero attached hydrogens (tertiary/aromatic N) is 2. The molecule has 1 aromatic carbocycles. The highest BCUT2D eigenvalue weighted by atomic mass is 19.1. The zero-order chi connectivity index (χ0) is 13.4. The highest BCUT2D eigenvalue weighted by Gasteiger charge is 2.36. The SMILES string of the molecule is O=C1CCC2CN(c3cccc(F)c3CO)CCN12. The summed E-state index contributed by atoms with van der Waals surface area (Å²) < 4.78 is 13.7. The van der Waals surface area contributed by atoms with Crippen molar-refractivity contribution in [2.45, 2.75) is 25.5 Å². The van der Waals surface area contributed by atoms with Gasteiger partial charge in [0.2, 0.25) is 5.91 Å². The van der Waals surface area contributed by atoms with Crippen LogP contribution in [-0.2, 0) is 11.4 Å². The summed E-state index contributed by atoms with van der Waals surface area (Å²) in [5.41, 5.74) is 1.10. The van der Waals surface area contributed by atoms with Crippen LogP contribution in [0.2, 0.25) is 0 Å². The van der Waals surface area contributed by atoms with E-state index in [-0.39, 0.29) is 24.4 Å². The van der Waals surface area contributed by atoms with Gasteiger partial charge in [-0.05, 0) is 18.6 Å². The molecule has 102 valence electrons. The molecule has 2 saturated heterocycles. The monoisotopic (exact) mass is 264 g/mol. The second-order valence-electron chi connectivity index (χ2n) is 5.12. The van der Waals surface area contributed by atoms with Crippen molar-refractivity contribution < 1.29 is 14.3 Å². The summed E-state index contributed by atoms with van der Waals surface area (Å²) in [5.74, 6) is -0.142. The molecule has 5 heteroatoms. The number of benzene rings is 1. The zero-order valence-electron chi connectivity index (χ0n) is 10.7. The maximum atomic E-state index is 13.7. The number of aliphatic hydroxyl groups is 1. The number of anilines is 1. The minimum absolute atomic E-state index is 0.228. The van der Waals surface area contributed by atoms with E-state index < -0.39 is 0 Å². The van der Waals surface area contributed by atoms with E-state index in [0.717, 1.165) is 18.7 Å². The van der Waals surface area contributed by atoms with E-state index in [9.17, 15) is 14.3 Å². The van der Waals surface area contributed by atoms with Crippen LogP contribution in [0.3, 0.4) is 0 Å². The fraction of sp³-hybridized carbons (Fsp3) is 0.500. The van der Waals surface area contributed by atoms with Gasteiger partial charge in [0.15, 0.2) is 0 Å². The smallest absolute Gasteiger partial charge is 0.223 e. The molecule has 4 nitrogen and oxygen atoms in total. The fourth-order valence-corrected chi connectivity index (χ4v) is 3.08. The first-order chi connectivity index (χ1) is 9.20. The Labute approximate surface area is 111 Å². The van der Waals surface area contributed by atoms with Gasteiger partial charge in [0.1, 0.15) is 5.82 Å². The molecule has 0 spiro atoms. The first-order valence-corrected chi connectivity index (χ1v) is 6.63. The molecular weight excluding hydrogens is 247 g/mol. The first kappa shape index (κ1) is 12.4. The lowest BCUT2D eigenvalue weighted by Crippen LogP contribution is -2.51. The molecule has 0 radical (unpaired) electrons. The molecule has 2 aliphatic rings. The Balaban J connectivity index is 1.84. The van der Waals surface area contributed by atoms with Crippen LogP contribution in [0.25, 0.3) is 0 Å². The maximum absolute atomic E-state index is 13.7. The third-order valence-corrected chi connectivity index (χ3v) is 4.09. The quantitative estimate of drug-likeness (QED) is 0.871. The Hall–Kier alpha value is -1.62. The predicted octanol–water partition coefficient (Wildman–Crippen LogP) is 1.13. The molecule has 1 N–H and O–H groups in total. The van der Waals surface area contributed by atoms with Gasteiger partial charge in [0, 0.05) is 43.3 Å². The van der Waals surface area contributed by atoms with Crippen molar-refractivity contribution in [2.75, 3.05) is 24.5 Å². The summed E-state index contributed by atoms with van der Waals surface area (Å²) in [4.78, 5) is 15.6. The number of aliphatic hydroxyl groups excluding tert-OH is 1. The molecule has 2 aliphatic heterocycles. The number of carbonyl (C=O) groups excluding carboxylic acids is 1. The Bertz CT molecular complexity index is 506. The van der Waals surface area contributed by atoms with E-state index in [1.807, 2.05) is 11.0 Å². The van der Waals surface area contributed by atoms with Gasteiger partial charge in [-0.15, -0.1) is 0 Å². The van der Waals surface area contributed by atoms with Gasteiger partial charge in [0.25, 0.3) is 0 Å². The third kappa shape index (κ3) is 2.08. The van der Waals surface area contributed by atoms with Gasteiger partial charge >= 0.3 is 0 Å². The highest BCUT2D eigenvalue weighted by molar-refractivity contribution is 5.79. The summed E-state index contributed by atoms with van der Waals surface area (Å²) in [5, 5.41) is 9.33. The minimum Gasteiger partial charge on any atom is -0.391 e. The number of carbonyl (C=O) groups is 1. The van der Waals surface area contributed by atoms with Gasteiger partial charge in [0.05, 0.1) is 6.61 Å². The maximum Gasteiger partial charge on any atom is 0.223 e. The van der Waals surface area contributed by atoms with Gasteiger partial charge in [-0.3, -0.25) is 4.79 Å². The predicted molar refractivity (Wildman–Crippen MR) is 69.3 cm³/mol. The Kier molecular flexibility index (Phi) is 3.14. The Morgan fingerprint density at radius 1 is 1.37 bits per heavy atom. The summed E-state index contributed by atoms with van der Waals surface area (Å²) in [6.45, 7) is 1.80. The average Bonchev–Trinajstić information content (AvgIpc) is 2.79. The van der Waals surface area contributed by atoms with E-state index >= 15 is 0 Å². The summed E-state index contributed by atoms with van der Waals surface area (Å²) in [6, 6.07) is 5.10. The zero-order valence-corrected chi connectivity index (χ0v) is 10.7. The summed E-state index contributed by atoms with van der Waals surface area (Å²) in [6.07, 6.45) is 1.49. The average molecular weight is 264 g/mol. The van der Waals surface area contributed by atoms with Crippen LogP contribution >= 0.6 is 0 Å². The topological polar surface area (TPSA) is 43.8 Å². The van der Waals surface area contributed by atoms with Crippen LogP contribution in [0.5, 0.6) is 0 Å². The van der Waals surface area contributed by atoms with Crippen LogP contribution < -0.4 is 4.90 Å². The molecule has 0 saturated carbocycles. The molecule has 0 aliphatic carbocycles. The van der Waals surface area contributed by atoms with Crippen LogP contribution in [0.15, 0.2) is 18.2 Å². The number of hydrogen-bond donors (Lipinski definition) is 1.